The van der Waals surface area contributed by atoms with Crippen LogP contribution in [-0.2, 0) is 11.8 Å². The summed E-state index contributed by atoms with van der Waals surface area (Å²) in [5.74, 6) is 0.766. The van der Waals surface area contributed by atoms with Crippen LogP contribution in [0, 0.1) is 11.3 Å². The fourth-order valence-electron chi connectivity index (χ4n) is 5.94. The maximum Gasteiger partial charge on any atom is 0.246 e. The number of aromatic nitrogens is 4. The van der Waals surface area contributed by atoms with Crippen molar-refractivity contribution in [3.8, 4) is 34.1 Å². The summed E-state index contributed by atoms with van der Waals surface area (Å²) in [5, 5.41) is 18.2. The number of carbonyl (C=O) groups is 1. The molecule has 4 aromatic rings. The molecule has 39 heavy (non-hydrogen) atoms. The van der Waals surface area contributed by atoms with Gasteiger partial charge in [-0.15, -0.1) is 0 Å². The SMILES string of the molecule is [2H]C([2H])([2H])n1cc(-c2cc(-c3ccc4c(c3)OC[C@H]3CN(C5CN(C(=O)C=C)C5)CCN43)c3c(C#N)cnn3c2)cn1. The van der Waals surface area contributed by atoms with Crippen LogP contribution in [0.3, 0.4) is 0 Å². The molecule has 0 spiro atoms. The number of anilines is 1. The Morgan fingerprint density at radius 3 is 2.82 bits per heavy atom. The molecule has 1 amide bonds. The zero-order valence-electron chi connectivity index (χ0n) is 24.2. The van der Waals surface area contributed by atoms with Crippen molar-refractivity contribution in [1.29, 1.82) is 5.26 Å². The standard InChI is InChI=1S/C29H28N8O2/c1-3-28(38)35-15-23(16-35)34-6-7-36-24(17-34)18-39-27-9-19(4-5-26(27)36)25-8-20(22-12-31-33(2)13-22)14-37-29(25)21(10-30)11-32-37/h3-5,8-9,11-14,23-24H,1,6-7,15-18H2,2H3/t24-/m1/s1/i2D3. The first-order chi connectivity index (χ1) is 20.2. The molecule has 196 valence electrons. The van der Waals surface area contributed by atoms with Gasteiger partial charge in [0.25, 0.3) is 0 Å². The van der Waals surface area contributed by atoms with E-state index in [1.165, 1.54) is 24.7 Å². The molecule has 3 aliphatic rings. The Morgan fingerprint density at radius 2 is 2.03 bits per heavy atom. The van der Waals surface area contributed by atoms with E-state index >= 15 is 0 Å². The van der Waals surface area contributed by atoms with Crippen LogP contribution in [0.2, 0.25) is 0 Å². The Kier molecular flexibility index (Phi) is 4.69. The number of likely N-dealkylation sites (tertiary alicyclic amines) is 1. The summed E-state index contributed by atoms with van der Waals surface area (Å²) in [6, 6.07) is 10.8. The molecule has 0 N–H and O–H groups in total. The normalized spacial score (nSPS) is 20.6. The van der Waals surface area contributed by atoms with Crippen LogP contribution in [-0.4, -0.2) is 86.5 Å². The number of carbonyl (C=O) groups excluding carboxylic acids is 1. The summed E-state index contributed by atoms with van der Waals surface area (Å²) in [7, 11) is 0. The Balaban J connectivity index is 1.18. The lowest BCUT2D eigenvalue weighted by molar-refractivity contribution is -0.133. The van der Waals surface area contributed by atoms with Crippen LogP contribution >= 0.6 is 0 Å². The van der Waals surface area contributed by atoms with Crippen molar-refractivity contribution in [2.24, 2.45) is 6.98 Å². The van der Waals surface area contributed by atoms with Gasteiger partial charge >= 0.3 is 0 Å². The number of hydrogen-bond acceptors (Lipinski definition) is 7. The molecular weight excluding hydrogens is 492 g/mol. The molecule has 0 unspecified atom stereocenters. The van der Waals surface area contributed by atoms with Gasteiger partial charge in [-0.05, 0) is 29.8 Å². The summed E-state index contributed by atoms with van der Waals surface area (Å²) < 4.78 is 31.9. The quantitative estimate of drug-likeness (QED) is 0.380. The lowest BCUT2D eigenvalue weighted by Crippen LogP contribution is -2.67. The number of rotatable bonds is 4. The third-order valence-electron chi connectivity index (χ3n) is 8.04. The Labute approximate surface area is 230 Å². The number of pyridine rings is 1. The van der Waals surface area contributed by atoms with E-state index in [4.69, 9.17) is 8.85 Å². The molecule has 0 saturated carbocycles. The molecule has 10 heteroatoms. The van der Waals surface area contributed by atoms with Crippen molar-refractivity contribution in [2.75, 3.05) is 44.2 Å². The van der Waals surface area contributed by atoms with Crippen LogP contribution in [0.15, 0.2) is 61.7 Å². The second-order valence-corrected chi connectivity index (χ2v) is 10.2. The second kappa shape index (κ2) is 8.99. The number of aryl methyl sites for hydroxylation is 1. The minimum atomic E-state index is -2.38. The molecule has 7 rings (SSSR count). The number of nitriles is 1. The van der Waals surface area contributed by atoms with Crippen molar-refractivity contribution in [1.82, 2.24) is 29.2 Å². The van der Waals surface area contributed by atoms with E-state index in [0.717, 1.165) is 65.5 Å². The molecule has 3 aromatic heterocycles. The summed E-state index contributed by atoms with van der Waals surface area (Å²) >= 11 is 0. The number of ether oxygens (including phenoxy) is 1. The summed E-state index contributed by atoms with van der Waals surface area (Å²) in [6.07, 6.45) is 7.68. The zero-order valence-corrected chi connectivity index (χ0v) is 21.2. The minimum Gasteiger partial charge on any atom is -0.489 e. The lowest BCUT2D eigenvalue weighted by Gasteiger charge is -2.51. The third-order valence-corrected chi connectivity index (χ3v) is 8.04. The average Bonchev–Trinajstić information content (AvgIpc) is 3.63. The minimum absolute atomic E-state index is 0.0121. The van der Waals surface area contributed by atoms with E-state index in [9.17, 15) is 10.1 Å². The van der Waals surface area contributed by atoms with Crippen LogP contribution in [0.25, 0.3) is 27.8 Å². The molecule has 2 fully saturated rings. The van der Waals surface area contributed by atoms with E-state index in [2.05, 4.69) is 38.7 Å². The Morgan fingerprint density at radius 1 is 1.13 bits per heavy atom. The van der Waals surface area contributed by atoms with E-state index in [0.29, 0.717) is 29.3 Å². The molecule has 3 aliphatic heterocycles. The van der Waals surface area contributed by atoms with E-state index in [1.54, 1.807) is 10.7 Å². The van der Waals surface area contributed by atoms with E-state index in [-0.39, 0.29) is 11.9 Å². The molecule has 1 atom stereocenters. The first-order valence-electron chi connectivity index (χ1n) is 14.4. The van der Waals surface area contributed by atoms with Gasteiger partial charge in [0.15, 0.2) is 0 Å². The van der Waals surface area contributed by atoms with E-state index < -0.39 is 6.98 Å². The number of piperazine rings is 1. The molecule has 2 saturated heterocycles. The highest BCUT2D eigenvalue weighted by atomic mass is 16.5. The number of hydrogen-bond donors (Lipinski definition) is 0. The Hall–Kier alpha value is -4.62. The summed E-state index contributed by atoms with van der Waals surface area (Å²) in [4.78, 5) is 18.5. The highest BCUT2D eigenvalue weighted by Crippen LogP contribution is 2.41. The number of nitrogens with zero attached hydrogens (tertiary/aromatic N) is 8. The summed E-state index contributed by atoms with van der Waals surface area (Å²) in [5.41, 5.74) is 5.13. The first-order valence-corrected chi connectivity index (χ1v) is 12.9. The predicted octanol–water partition coefficient (Wildman–Crippen LogP) is 2.55. The molecule has 0 aliphatic carbocycles. The molecule has 6 heterocycles. The smallest absolute Gasteiger partial charge is 0.246 e. The van der Waals surface area contributed by atoms with Crippen LogP contribution in [0.1, 0.15) is 9.68 Å². The number of benzene rings is 1. The largest absolute Gasteiger partial charge is 0.489 e. The second-order valence-electron chi connectivity index (χ2n) is 10.2. The molecular formula is C29H28N8O2. The maximum atomic E-state index is 11.9. The third kappa shape index (κ3) is 3.85. The summed E-state index contributed by atoms with van der Waals surface area (Å²) in [6.45, 7) is 5.87. The van der Waals surface area contributed by atoms with Gasteiger partial charge in [0.2, 0.25) is 5.91 Å². The average molecular weight is 524 g/mol. The fourth-order valence-corrected chi connectivity index (χ4v) is 5.94. The van der Waals surface area contributed by atoms with Gasteiger partial charge in [0.1, 0.15) is 18.4 Å². The lowest BCUT2D eigenvalue weighted by atomic mass is 9.98. The number of amides is 1. The van der Waals surface area contributed by atoms with Gasteiger partial charge in [0.05, 0.1) is 35.2 Å². The van der Waals surface area contributed by atoms with Crippen molar-refractivity contribution in [2.45, 2.75) is 12.1 Å². The fraction of sp³-hybridized carbons (Fsp3) is 0.310. The molecule has 10 nitrogen and oxygen atoms in total. The topological polar surface area (TPSA) is 94.9 Å². The Bertz CT molecular complexity index is 1760. The highest BCUT2D eigenvalue weighted by Gasteiger charge is 2.40. The predicted molar refractivity (Wildman–Crippen MR) is 146 cm³/mol. The number of fused-ring (bicyclic) bond motifs is 4. The first kappa shape index (κ1) is 20.4. The van der Waals surface area contributed by atoms with Crippen LogP contribution in [0.4, 0.5) is 5.69 Å². The maximum absolute atomic E-state index is 11.9. The van der Waals surface area contributed by atoms with Gasteiger partial charge in [-0.25, -0.2) is 4.52 Å². The molecule has 0 radical (unpaired) electrons. The monoisotopic (exact) mass is 523 g/mol. The van der Waals surface area contributed by atoms with Gasteiger partial charge in [-0.2, -0.15) is 15.5 Å². The van der Waals surface area contributed by atoms with Crippen molar-refractivity contribution in [3.63, 3.8) is 0 Å². The highest BCUT2D eigenvalue weighted by molar-refractivity contribution is 5.89. The van der Waals surface area contributed by atoms with Crippen LogP contribution in [0.5, 0.6) is 5.75 Å². The van der Waals surface area contributed by atoms with Gasteiger partial charge in [-0.3, -0.25) is 14.4 Å². The van der Waals surface area contributed by atoms with Gasteiger partial charge < -0.3 is 14.5 Å². The van der Waals surface area contributed by atoms with Crippen molar-refractivity contribution < 1.29 is 13.6 Å². The van der Waals surface area contributed by atoms with Crippen molar-refractivity contribution in [3.05, 3.63) is 67.3 Å². The van der Waals surface area contributed by atoms with E-state index in [1.807, 2.05) is 23.1 Å². The van der Waals surface area contributed by atoms with Gasteiger partial charge in [0, 0.05) is 78.9 Å². The zero-order chi connectivity index (χ0) is 29.2. The van der Waals surface area contributed by atoms with Crippen molar-refractivity contribution >= 4 is 17.1 Å². The molecule has 1 aromatic carbocycles. The van der Waals surface area contributed by atoms with Gasteiger partial charge in [-0.1, -0.05) is 12.6 Å². The molecule has 0 bridgehead atoms. The van der Waals surface area contributed by atoms with Crippen LogP contribution < -0.4 is 9.64 Å².